The van der Waals surface area contributed by atoms with Gasteiger partial charge in [0.15, 0.2) is 0 Å². The molecule has 1 aromatic heterocycles. The number of hydrogen-bond acceptors (Lipinski definition) is 3. The van der Waals surface area contributed by atoms with Crippen molar-refractivity contribution < 1.29 is 9.90 Å². The number of hydrogen-bond donors (Lipinski definition) is 1. The van der Waals surface area contributed by atoms with E-state index in [4.69, 9.17) is 5.11 Å². The molecule has 1 rings (SSSR count). The van der Waals surface area contributed by atoms with E-state index in [1.54, 1.807) is 12.3 Å². The highest BCUT2D eigenvalue weighted by molar-refractivity contribution is 5.69. The van der Waals surface area contributed by atoms with Gasteiger partial charge in [-0.15, -0.1) is 6.58 Å². The molecular formula is C11H17N3O2. The Morgan fingerprint density at radius 2 is 2.50 bits per heavy atom. The van der Waals surface area contributed by atoms with Crippen molar-refractivity contribution >= 4 is 5.97 Å². The third-order valence-electron chi connectivity index (χ3n) is 2.33. The van der Waals surface area contributed by atoms with E-state index in [0.717, 1.165) is 12.4 Å². The Morgan fingerprint density at radius 1 is 1.75 bits per heavy atom. The van der Waals surface area contributed by atoms with Gasteiger partial charge in [-0.1, -0.05) is 6.08 Å². The Kier molecular flexibility index (Phi) is 4.72. The molecule has 0 aliphatic carbocycles. The van der Waals surface area contributed by atoms with Crippen LogP contribution in [0.2, 0.25) is 0 Å². The molecule has 0 aromatic carbocycles. The number of aryl methyl sites for hydroxylation is 1. The average molecular weight is 223 g/mol. The smallest absolute Gasteiger partial charge is 0.317 e. The van der Waals surface area contributed by atoms with Gasteiger partial charge in [0.1, 0.15) is 5.82 Å². The maximum Gasteiger partial charge on any atom is 0.317 e. The van der Waals surface area contributed by atoms with Crippen molar-refractivity contribution in [2.75, 3.05) is 19.6 Å². The molecule has 88 valence electrons. The molecule has 1 heterocycles. The van der Waals surface area contributed by atoms with Crippen molar-refractivity contribution in [3.8, 4) is 0 Å². The number of carboxylic acid groups (broad SMARTS) is 1. The van der Waals surface area contributed by atoms with Crippen LogP contribution in [0.3, 0.4) is 0 Å². The lowest BCUT2D eigenvalue weighted by Gasteiger charge is -2.18. The van der Waals surface area contributed by atoms with E-state index < -0.39 is 5.97 Å². The van der Waals surface area contributed by atoms with Crippen LogP contribution in [0.4, 0.5) is 0 Å². The van der Waals surface area contributed by atoms with Gasteiger partial charge in [0.25, 0.3) is 0 Å². The Hall–Kier alpha value is -1.62. The highest BCUT2D eigenvalue weighted by atomic mass is 16.4. The molecule has 0 spiro atoms. The first kappa shape index (κ1) is 12.4. The first-order valence-corrected chi connectivity index (χ1v) is 5.16. The average Bonchev–Trinajstić information content (AvgIpc) is 2.60. The summed E-state index contributed by atoms with van der Waals surface area (Å²) in [6, 6.07) is 0. The molecule has 0 bridgehead atoms. The summed E-state index contributed by atoms with van der Waals surface area (Å²) in [5, 5.41) is 8.73. The molecule has 0 aliphatic rings. The van der Waals surface area contributed by atoms with Crippen molar-refractivity contribution in [2.24, 2.45) is 0 Å². The predicted octanol–water partition coefficient (Wildman–Crippen LogP) is 0.764. The molecule has 0 radical (unpaired) electrons. The van der Waals surface area contributed by atoms with Gasteiger partial charge in [0.2, 0.25) is 0 Å². The van der Waals surface area contributed by atoms with E-state index >= 15 is 0 Å². The zero-order chi connectivity index (χ0) is 12.0. The number of nitrogens with zero attached hydrogens (tertiary/aromatic N) is 3. The van der Waals surface area contributed by atoms with E-state index in [-0.39, 0.29) is 6.54 Å². The van der Waals surface area contributed by atoms with Crippen molar-refractivity contribution in [1.82, 2.24) is 14.5 Å². The minimum Gasteiger partial charge on any atom is -0.480 e. The lowest BCUT2D eigenvalue weighted by molar-refractivity contribution is -0.138. The SMILES string of the molecule is C=CCN(CCn1ccnc1C)CC(=O)O. The van der Waals surface area contributed by atoms with E-state index in [2.05, 4.69) is 11.6 Å². The topological polar surface area (TPSA) is 58.4 Å². The summed E-state index contributed by atoms with van der Waals surface area (Å²) in [5.74, 6) is 0.123. The summed E-state index contributed by atoms with van der Waals surface area (Å²) < 4.78 is 2.00. The molecule has 1 N–H and O–H groups in total. The van der Waals surface area contributed by atoms with Crippen molar-refractivity contribution in [1.29, 1.82) is 0 Å². The van der Waals surface area contributed by atoms with Gasteiger partial charge in [-0.25, -0.2) is 4.98 Å². The lowest BCUT2D eigenvalue weighted by Crippen LogP contribution is -2.32. The van der Waals surface area contributed by atoms with Crippen LogP contribution in [0, 0.1) is 6.92 Å². The zero-order valence-corrected chi connectivity index (χ0v) is 9.46. The van der Waals surface area contributed by atoms with Gasteiger partial charge in [-0.05, 0) is 6.92 Å². The summed E-state index contributed by atoms with van der Waals surface area (Å²) in [6.45, 7) is 7.59. The zero-order valence-electron chi connectivity index (χ0n) is 9.46. The molecular weight excluding hydrogens is 206 g/mol. The highest BCUT2D eigenvalue weighted by Gasteiger charge is 2.08. The minimum absolute atomic E-state index is 0.0414. The molecule has 5 nitrogen and oxygen atoms in total. The number of carboxylic acids is 1. The van der Waals surface area contributed by atoms with Crippen LogP contribution >= 0.6 is 0 Å². The Bertz CT molecular complexity index is 360. The molecule has 0 saturated carbocycles. The number of imidazole rings is 1. The fourth-order valence-corrected chi connectivity index (χ4v) is 1.50. The second-order valence-corrected chi connectivity index (χ2v) is 3.59. The minimum atomic E-state index is -0.816. The normalized spacial score (nSPS) is 10.6. The van der Waals surface area contributed by atoms with E-state index in [9.17, 15) is 4.79 Å². The first-order chi connectivity index (χ1) is 7.63. The third-order valence-corrected chi connectivity index (χ3v) is 2.33. The van der Waals surface area contributed by atoms with Gasteiger partial charge in [0, 0.05) is 32.0 Å². The molecule has 0 amide bonds. The molecule has 16 heavy (non-hydrogen) atoms. The van der Waals surface area contributed by atoms with Crippen LogP contribution in [0.5, 0.6) is 0 Å². The first-order valence-electron chi connectivity index (χ1n) is 5.16. The number of aliphatic carboxylic acids is 1. The van der Waals surface area contributed by atoms with Crippen molar-refractivity contribution in [3.63, 3.8) is 0 Å². The molecule has 0 saturated heterocycles. The fourth-order valence-electron chi connectivity index (χ4n) is 1.50. The van der Waals surface area contributed by atoms with Crippen LogP contribution in [-0.4, -0.2) is 45.2 Å². The highest BCUT2D eigenvalue weighted by Crippen LogP contribution is 1.97. The van der Waals surface area contributed by atoms with Gasteiger partial charge < -0.3 is 9.67 Å². The molecule has 0 fully saturated rings. The van der Waals surface area contributed by atoms with Crippen LogP contribution in [0.1, 0.15) is 5.82 Å². The van der Waals surface area contributed by atoms with E-state index in [0.29, 0.717) is 13.1 Å². The molecule has 1 aromatic rings. The number of rotatable bonds is 7. The molecule has 0 atom stereocenters. The maximum atomic E-state index is 10.6. The summed E-state index contributed by atoms with van der Waals surface area (Å²) in [5.41, 5.74) is 0. The van der Waals surface area contributed by atoms with Crippen LogP contribution < -0.4 is 0 Å². The Morgan fingerprint density at radius 3 is 3.00 bits per heavy atom. The van der Waals surface area contributed by atoms with E-state index in [1.165, 1.54) is 0 Å². The Balaban J connectivity index is 2.46. The lowest BCUT2D eigenvalue weighted by atomic mass is 10.4. The van der Waals surface area contributed by atoms with Crippen molar-refractivity contribution in [3.05, 3.63) is 30.9 Å². The largest absolute Gasteiger partial charge is 0.480 e. The molecule has 5 heteroatoms. The predicted molar refractivity (Wildman–Crippen MR) is 61.2 cm³/mol. The van der Waals surface area contributed by atoms with Gasteiger partial charge in [-0.2, -0.15) is 0 Å². The third kappa shape index (κ3) is 3.86. The summed E-state index contributed by atoms with van der Waals surface area (Å²) in [6.07, 6.45) is 5.34. The van der Waals surface area contributed by atoms with Gasteiger partial charge in [-0.3, -0.25) is 9.69 Å². The number of carbonyl (C=O) groups is 1. The fraction of sp³-hybridized carbons (Fsp3) is 0.455. The van der Waals surface area contributed by atoms with Gasteiger partial charge in [0.05, 0.1) is 6.54 Å². The second-order valence-electron chi connectivity index (χ2n) is 3.59. The van der Waals surface area contributed by atoms with Gasteiger partial charge >= 0.3 is 5.97 Å². The monoisotopic (exact) mass is 223 g/mol. The standard InChI is InChI=1S/C11H17N3O2/c1-3-5-13(9-11(15)16)7-8-14-6-4-12-10(14)2/h3-4,6H,1,5,7-9H2,2H3,(H,15,16). The van der Waals surface area contributed by atoms with Crippen LogP contribution in [0.25, 0.3) is 0 Å². The Labute approximate surface area is 95.0 Å². The summed E-state index contributed by atoms with van der Waals surface area (Å²) in [4.78, 5) is 16.6. The van der Waals surface area contributed by atoms with Crippen LogP contribution in [-0.2, 0) is 11.3 Å². The number of aromatic nitrogens is 2. The maximum absolute atomic E-state index is 10.6. The molecule has 0 unspecified atom stereocenters. The summed E-state index contributed by atoms with van der Waals surface area (Å²) in [7, 11) is 0. The second kappa shape index (κ2) is 6.07. The van der Waals surface area contributed by atoms with Crippen molar-refractivity contribution in [2.45, 2.75) is 13.5 Å². The van der Waals surface area contributed by atoms with Crippen LogP contribution in [0.15, 0.2) is 25.0 Å². The quantitative estimate of drug-likeness (QED) is 0.693. The summed E-state index contributed by atoms with van der Waals surface area (Å²) >= 11 is 0. The molecule has 0 aliphatic heterocycles. The van der Waals surface area contributed by atoms with E-state index in [1.807, 2.05) is 22.6 Å².